The Morgan fingerprint density at radius 2 is 1.63 bits per heavy atom. The Hall–Kier alpha value is -3.41. The number of benzene rings is 2. The fourth-order valence-corrected chi connectivity index (χ4v) is 2.64. The lowest BCUT2D eigenvalue weighted by Crippen LogP contribution is -2.32. The van der Waals surface area contributed by atoms with Crippen molar-refractivity contribution in [2.24, 2.45) is 0 Å². The summed E-state index contributed by atoms with van der Waals surface area (Å²) in [5.41, 5.74) is 5.31. The minimum atomic E-state index is -0.280. The van der Waals surface area contributed by atoms with Crippen LogP contribution in [-0.4, -0.2) is 27.9 Å². The van der Waals surface area contributed by atoms with Gasteiger partial charge in [-0.1, -0.05) is 17.7 Å². The van der Waals surface area contributed by atoms with Gasteiger partial charge in [-0.3, -0.25) is 9.59 Å². The van der Waals surface area contributed by atoms with Crippen molar-refractivity contribution in [2.75, 3.05) is 11.9 Å². The average molecular weight is 362 g/mol. The van der Waals surface area contributed by atoms with E-state index in [0.29, 0.717) is 11.3 Å². The summed E-state index contributed by atoms with van der Waals surface area (Å²) in [6.07, 6.45) is 1.78. The third-order valence-electron chi connectivity index (χ3n) is 4.40. The van der Waals surface area contributed by atoms with Crippen LogP contribution in [-0.2, 0) is 4.79 Å². The van der Waals surface area contributed by atoms with Gasteiger partial charge < -0.3 is 15.2 Å². The normalized spacial score (nSPS) is 10.5. The summed E-state index contributed by atoms with van der Waals surface area (Å²) in [7, 11) is 0. The fraction of sp³-hybridized carbons (Fsp3) is 0.190. The molecule has 2 N–H and O–H groups in total. The summed E-state index contributed by atoms with van der Waals surface area (Å²) in [6, 6.07) is 14.7. The maximum Gasteiger partial charge on any atom is 0.251 e. The van der Waals surface area contributed by atoms with E-state index in [1.807, 2.05) is 61.7 Å². The van der Waals surface area contributed by atoms with Gasteiger partial charge in [0, 0.05) is 22.6 Å². The molecule has 6 heteroatoms. The van der Waals surface area contributed by atoms with Crippen molar-refractivity contribution in [3.63, 3.8) is 0 Å². The minimum Gasteiger partial charge on any atom is -0.343 e. The van der Waals surface area contributed by atoms with Crippen LogP contribution in [0.15, 0.2) is 54.9 Å². The lowest BCUT2D eigenvalue weighted by atomic mass is 10.1. The van der Waals surface area contributed by atoms with Crippen molar-refractivity contribution in [2.45, 2.75) is 20.8 Å². The lowest BCUT2D eigenvalue weighted by Gasteiger charge is -2.09. The Bertz CT molecular complexity index is 957. The number of rotatable bonds is 5. The van der Waals surface area contributed by atoms with Crippen molar-refractivity contribution in [1.29, 1.82) is 0 Å². The maximum absolute atomic E-state index is 12.1. The Kier molecular flexibility index (Phi) is 5.35. The predicted octanol–water partition coefficient (Wildman–Crippen LogP) is 3.17. The molecule has 0 unspecified atom stereocenters. The molecule has 27 heavy (non-hydrogen) atoms. The highest BCUT2D eigenvalue weighted by Gasteiger charge is 2.09. The average Bonchev–Trinajstić information content (AvgIpc) is 3.00. The number of nitrogens with one attached hydrogen (secondary N) is 2. The van der Waals surface area contributed by atoms with Gasteiger partial charge in [0.15, 0.2) is 0 Å². The molecule has 1 heterocycles. The number of hydrogen-bond acceptors (Lipinski definition) is 3. The third kappa shape index (κ3) is 4.41. The number of carbonyl (C=O) groups excluding carboxylic acids is 2. The molecule has 0 saturated carbocycles. The summed E-state index contributed by atoms with van der Waals surface area (Å²) in [4.78, 5) is 28.4. The molecule has 2 aromatic carbocycles. The van der Waals surface area contributed by atoms with Crippen LogP contribution in [0.1, 0.15) is 27.3 Å². The molecule has 0 aliphatic heterocycles. The van der Waals surface area contributed by atoms with E-state index in [0.717, 1.165) is 22.6 Å². The van der Waals surface area contributed by atoms with Crippen LogP contribution in [0.2, 0.25) is 0 Å². The van der Waals surface area contributed by atoms with Crippen LogP contribution >= 0.6 is 0 Å². The van der Waals surface area contributed by atoms with E-state index >= 15 is 0 Å². The molecule has 0 spiro atoms. The van der Waals surface area contributed by atoms with E-state index in [2.05, 4.69) is 15.6 Å². The largest absolute Gasteiger partial charge is 0.343 e. The number of anilines is 1. The van der Waals surface area contributed by atoms with Crippen LogP contribution in [0.4, 0.5) is 5.69 Å². The van der Waals surface area contributed by atoms with E-state index in [-0.39, 0.29) is 18.4 Å². The first-order chi connectivity index (χ1) is 12.9. The number of aryl methyl sites for hydroxylation is 2. The molecule has 1 aromatic heterocycles. The number of aromatic nitrogens is 2. The van der Waals surface area contributed by atoms with Crippen molar-refractivity contribution >= 4 is 17.5 Å². The Morgan fingerprint density at radius 3 is 2.22 bits per heavy atom. The number of imidazole rings is 1. The van der Waals surface area contributed by atoms with Gasteiger partial charge in [-0.15, -0.1) is 0 Å². The number of hydrogen-bond donors (Lipinski definition) is 2. The second kappa shape index (κ2) is 7.86. The number of amides is 2. The van der Waals surface area contributed by atoms with Crippen LogP contribution in [0.3, 0.4) is 0 Å². The van der Waals surface area contributed by atoms with Crippen molar-refractivity contribution < 1.29 is 9.59 Å². The van der Waals surface area contributed by atoms with Crippen LogP contribution in [0.5, 0.6) is 0 Å². The van der Waals surface area contributed by atoms with E-state index in [4.69, 9.17) is 0 Å². The smallest absolute Gasteiger partial charge is 0.251 e. The van der Waals surface area contributed by atoms with Crippen molar-refractivity contribution in [1.82, 2.24) is 14.9 Å². The predicted molar refractivity (Wildman–Crippen MR) is 105 cm³/mol. The van der Waals surface area contributed by atoms with Gasteiger partial charge in [-0.05, 0) is 57.2 Å². The Balaban J connectivity index is 1.55. The molecule has 6 nitrogen and oxygen atoms in total. The molecule has 3 aromatic rings. The van der Waals surface area contributed by atoms with Gasteiger partial charge in [-0.25, -0.2) is 4.98 Å². The molecule has 0 aliphatic carbocycles. The van der Waals surface area contributed by atoms with E-state index in [9.17, 15) is 9.59 Å². The van der Waals surface area contributed by atoms with E-state index in [1.54, 1.807) is 18.5 Å². The molecule has 0 atom stereocenters. The van der Waals surface area contributed by atoms with Gasteiger partial charge >= 0.3 is 0 Å². The summed E-state index contributed by atoms with van der Waals surface area (Å²) in [5, 5.41) is 5.40. The zero-order valence-corrected chi connectivity index (χ0v) is 15.6. The zero-order chi connectivity index (χ0) is 19.4. The van der Waals surface area contributed by atoms with Gasteiger partial charge in [0.05, 0.1) is 18.6 Å². The summed E-state index contributed by atoms with van der Waals surface area (Å²) < 4.78 is 1.99. The minimum absolute atomic E-state index is 0.0890. The molecule has 0 aliphatic rings. The molecular formula is C21H22N4O2. The van der Waals surface area contributed by atoms with Crippen molar-refractivity contribution in [3.05, 3.63) is 77.4 Å². The first-order valence-corrected chi connectivity index (χ1v) is 8.70. The maximum atomic E-state index is 12.1. The number of nitrogens with zero attached hydrogens (tertiary/aromatic N) is 2. The van der Waals surface area contributed by atoms with Gasteiger partial charge in [-0.2, -0.15) is 0 Å². The highest BCUT2D eigenvalue weighted by Crippen LogP contribution is 2.16. The zero-order valence-electron chi connectivity index (χ0n) is 15.6. The van der Waals surface area contributed by atoms with Crippen LogP contribution < -0.4 is 10.6 Å². The second-order valence-corrected chi connectivity index (χ2v) is 6.43. The first kappa shape index (κ1) is 18.4. The topological polar surface area (TPSA) is 76.0 Å². The van der Waals surface area contributed by atoms with Crippen LogP contribution in [0, 0.1) is 20.8 Å². The summed E-state index contributed by atoms with van der Waals surface area (Å²) in [5.74, 6) is -0.552. The molecule has 0 fully saturated rings. The molecule has 2 amide bonds. The van der Waals surface area contributed by atoms with E-state index < -0.39 is 0 Å². The van der Waals surface area contributed by atoms with Gasteiger partial charge in [0.2, 0.25) is 5.91 Å². The molecule has 3 rings (SSSR count). The third-order valence-corrected chi connectivity index (χ3v) is 4.40. The van der Waals surface area contributed by atoms with Crippen LogP contribution in [0.25, 0.3) is 5.69 Å². The Labute approximate surface area is 158 Å². The standard InChI is InChI=1S/C21H22N4O2/c1-14-4-6-17(7-5-14)21(27)22-12-20(26)24-18-8-10-19(11-9-18)25-13-23-15(2)16(25)3/h4-11,13H,12H2,1-3H3,(H,22,27)(H,24,26). The molecular weight excluding hydrogens is 340 g/mol. The molecule has 138 valence electrons. The highest BCUT2D eigenvalue weighted by atomic mass is 16.2. The number of carbonyl (C=O) groups is 2. The first-order valence-electron chi connectivity index (χ1n) is 8.70. The highest BCUT2D eigenvalue weighted by molar-refractivity contribution is 5.99. The van der Waals surface area contributed by atoms with E-state index in [1.165, 1.54) is 0 Å². The lowest BCUT2D eigenvalue weighted by molar-refractivity contribution is -0.115. The van der Waals surface area contributed by atoms with Gasteiger partial charge in [0.25, 0.3) is 5.91 Å². The molecule has 0 radical (unpaired) electrons. The SMILES string of the molecule is Cc1ccc(C(=O)NCC(=O)Nc2ccc(-n3cnc(C)c3C)cc2)cc1. The quantitative estimate of drug-likeness (QED) is 0.732. The molecule has 0 bridgehead atoms. The van der Waals surface area contributed by atoms with Gasteiger partial charge in [0.1, 0.15) is 0 Å². The summed E-state index contributed by atoms with van der Waals surface area (Å²) >= 11 is 0. The fourth-order valence-electron chi connectivity index (χ4n) is 2.64. The van der Waals surface area contributed by atoms with Crippen molar-refractivity contribution in [3.8, 4) is 5.69 Å². The monoisotopic (exact) mass is 362 g/mol. The Morgan fingerprint density at radius 1 is 0.963 bits per heavy atom. The second-order valence-electron chi connectivity index (χ2n) is 6.43. The summed E-state index contributed by atoms with van der Waals surface area (Å²) in [6.45, 7) is 5.84. The molecule has 0 saturated heterocycles.